The highest BCUT2D eigenvalue weighted by Gasteiger charge is 2.72. The summed E-state index contributed by atoms with van der Waals surface area (Å²) in [6, 6.07) is 5.70. The Morgan fingerprint density at radius 3 is 2.53 bits per heavy atom. The van der Waals surface area contributed by atoms with Gasteiger partial charge in [0.05, 0.1) is 24.3 Å². The molecule has 2 aromatic rings. The van der Waals surface area contributed by atoms with Gasteiger partial charge in [0, 0.05) is 30.2 Å². The number of nitrogens with one attached hydrogen (secondary N) is 2. The Balaban J connectivity index is 1.00. The predicted molar refractivity (Wildman–Crippen MR) is 119 cm³/mol. The number of H-pyrrole nitrogens is 1. The number of hydrogen-bond acceptors (Lipinski definition) is 3. The van der Waals surface area contributed by atoms with E-state index in [9.17, 15) is 22.4 Å². The number of nitrogens with zero attached hydrogens (tertiary/aromatic N) is 1. The van der Waals surface area contributed by atoms with Crippen LogP contribution in [0.2, 0.25) is 0 Å². The van der Waals surface area contributed by atoms with Gasteiger partial charge in [0.1, 0.15) is 11.4 Å². The van der Waals surface area contributed by atoms with Crippen molar-refractivity contribution in [2.24, 2.45) is 23.2 Å². The number of amides is 1. The minimum absolute atomic E-state index is 0.111. The van der Waals surface area contributed by atoms with Crippen molar-refractivity contribution in [3.8, 4) is 5.75 Å². The Kier molecular flexibility index (Phi) is 4.96. The van der Waals surface area contributed by atoms with Gasteiger partial charge in [-0.25, -0.2) is 4.39 Å². The second-order valence-corrected chi connectivity index (χ2v) is 11.1. The predicted octanol–water partition coefficient (Wildman–Crippen LogP) is 5.29. The lowest BCUT2D eigenvalue weighted by Gasteiger charge is -2.64. The number of alkyl halides is 4. The van der Waals surface area contributed by atoms with E-state index in [1.54, 1.807) is 11.1 Å². The van der Waals surface area contributed by atoms with Crippen LogP contribution in [-0.2, 0) is 4.79 Å². The lowest BCUT2D eigenvalue weighted by atomic mass is 9.42. The van der Waals surface area contributed by atoms with Crippen molar-refractivity contribution in [2.75, 3.05) is 31.6 Å². The molecule has 5 aliphatic rings. The summed E-state index contributed by atoms with van der Waals surface area (Å²) in [7, 11) is 0. The summed E-state index contributed by atoms with van der Waals surface area (Å²) in [4.78, 5) is 17.3. The number of aromatic amines is 1. The normalized spacial score (nSPS) is 34.5. The van der Waals surface area contributed by atoms with E-state index in [0.29, 0.717) is 68.1 Å². The maximum atomic E-state index is 13.8. The number of anilines is 1. The third kappa shape index (κ3) is 3.95. The fourth-order valence-electron chi connectivity index (χ4n) is 6.94. The molecule has 4 saturated carbocycles. The Labute approximate surface area is 195 Å². The largest absolute Gasteiger partial charge is 0.494 e. The molecule has 5 fully saturated rings. The maximum absolute atomic E-state index is 13.8. The van der Waals surface area contributed by atoms with Crippen LogP contribution in [0.4, 0.5) is 23.2 Å². The van der Waals surface area contributed by atoms with Crippen LogP contribution in [0.15, 0.2) is 24.4 Å². The molecule has 1 aliphatic heterocycles. The van der Waals surface area contributed by atoms with Gasteiger partial charge in [0.2, 0.25) is 5.91 Å². The number of fused-ring (bicyclic) bond motifs is 2. The molecule has 34 heavy (non-hydrogen) atoms. The van der Waals surface area contributed by atoms with E-state index >= 15 is 0 Å². The number of carbonyl (C=O) groups excluding carboxylic acids is 1. The van der Waals surface area contributed by atoms with Crippen molar-refractivity contribution in [1.82, 2.24) is 9.88 Å². The van der Waals surface area contributed by atoms with Crippen LogP contribution >= 0.6 is 0 Å². The van der Waals surface area contributed by atoms with Crippen LogP contribution in [0.5, 0.6) is 5.75 Å². The molecule has 2 heterocycles. The van der Waals surface area contributed by atoms with Gasteiger partial charge >= 0.3 is 6.18 Å². The van der Waals surface area contributed by atoms with Crippen molar-refractivity contribution in [2.45, 2.75) is 50.4 Å². The van der Waals surface area contributed by atoms with Gasteiger partial charge in [-0.15, -0.1) is 0 Å². The molecule has 2 bridgehead atoms. The van der Waals surface area contributed by atoms with Crippen molar-refractivity contribution in [3.05, 3.63) is 24.4 Å². The molecule has 1 aromatic carbocycles. The van der Waals surface area contributed by atoms with E-state index in [-0.39, 0.29) is 5.91 Å². The number of benzene rings is 1. The Morgan fingerprint density at radius 1 is 1.18 bits per heavy atom. The molecule has 0 unspecified atom stereocenters. The average Bonchev–Trinajstić information content (AvgIpc) is 3.37. The minimum Gasteiger partial charge on any atom is -0.494 e. The fraction of sp³-hybridized carbons (Fsp3) is 0.640. The first kappa shape index (κ1) is 22.2. The van der Waals surface area contributed by atoms with Gasteiger partial charge in [-0.05, 0) is 74.5 Å². The summed E-state index contributed by atoms with van der Waals surface area (Å²) in [5, 5.41) is 3.82. The van der Waals surface area contributed by atoms with E-state index in [1.807, 2.05) is 18.2 Å². The van der Waals surface area contributed by atoms with Crippen LogP contribution < -0.4 is 10.1 Å². The van der Waals surface area contributed by atoms with Crippen molar-refractivity contribution < 1.29 is 27.1 Å². The van der Waals surface area contributed by atoms with E-state index in [2.05, 4.69) is 10.3 Å². The molecule has 9 heteroatoms. The first-order chi connectivity index (χ1) is 16.1. The lowest BCUT2D eigenvalue weighted by Crippen LogP contribution is -2.68. The van der Waals surface area contributed by atoms with E-state index in [0.717, 1.165) is 30.2 Å². The number of aromatic nitrogens is 1. The van der Waals surface area contributed by atoms with E-state index < -0.39 is 23.8 Å². The topological polar surface area (TPSA) is 57.4 Å². The fourth-order valence-corrected chi connectivity index (χ4v) is 6.94. The molecular weight excluding hydrogens is 450 g/mol. The highest BCUT2D eigenvalue weighted by molar-refractivity contribution is 6.05. The van der Waals surface area contributed by atoms with Gasteiger partial charge < -0.3 is 15.0 Å². The minimum atomic E-state index is -4.12. The summed E-state index contributed by atoms with van der Waals surface area (Å²) in [6.45, 7) is 0.854. The van der Waals surface area contributed by atoms with E-state index in [1.165, 1.54) is 0 Å². The first-order valence-electron chi connectivity index (χ1n) is 12.1. The summed E-state index contributed by atoms with van der Waals surface area (Å²) in [6.07, 6.45) is 1.43. The number of rotatable bonds is 7. The van der Waals surface area contributed by atoms with Gasteiger partial charge in [0.25, 0.3) is 0 Å². The summed E-state index contributed by atoms with van der Waals surface area (Å²) < 4.78 is 57.7. The molecule has 1 saturated heterocycles. The van der Waals surface area contributed by atoms with Gasteiger partial charge in [0.15, 0.2) is 0 Å². The molecule has 1 aromatic heterocycles. The van der Waals surface area contributed by atoms with Crippen molar-refractivity contribution >= 4 is 22.5 Å². The van der Waals surface area contributed by atoms with Gasteiger partial charge in [-0.1, -0.05) is 0 Å². The lowest BCUT2D eigenvalue weighted by molar-refractivity contribution is -0.209. The zero-order valence-corrected chi connectivity index (χ0v) is 18.9. The van der Waals surface area contributed by atoms with Crippen LogP contribution in [0, 0.1) is 23.2 Å². The van der Waals surface area contributed by atoms with Crippen molar-refractivity contribution in [3.63, 3.8) is 0 Å². The van der Waals surface area contributed by atoms with Gasteiger partial charge in [-0.3, -0.25) is 9.69 Å². The number of likely N-dealkylation sites (tertiary alicyclic amines) is 1. The zero-order valence-electron chi connectivity index (χ0n) is 18.9. The Bertz CT molecular complexity index is 1080. The highest BCUT2D eigenvalue weighted by Crippen LogP contribution is 2.69. The maximum Gasteiger partial charge on any atom is 0.401 e. The SMILES string of the molecule is O=C(Nc1c[nH]c2ccc(OCC[C@@H]3C[C@@H]4CN(CC(F)(F)F)C[C@@H]4C3)cc12)C12CC(F)(C1)C2. The number of halogens is 4. The molecule has 1 amide bonds. The monoisotopic (exact) mass is 479 g/mol. The summed E-state index contributed by atoms with van der Waals surface area (Å²) >= 11 is 0. The second kappa shape index (κ2) is 7.60. The third-order valence-corrected chi connectivity index (χ3v) is 8.47. The van der Waals surface area contributed by atoms with Crippen molar-refractivity contribution in [1.29, 1.82) is 0 Å². The number of hydrogen-bond donors (Lipinski definition) is 2. The smallest absolute Gasteiger partial charge is 0.401 e. The molecule has 0 radical (unpaired) electrons. The standard InChI is InChI=1S/C25H29F4N3O2/c26-24-11-23(12-24,13-24)22(33)31-21-8-30-20-2-1-18(7-19(20)21)34-4-3-15-5-16-9-32(10-17(16)6-15)14-25(27,28)29/h1-2,7-8,15-17,30H,3-6,9-14H2,(H,31,33)/t15-,16-,17+,23?,24?. The summed E-state index contributed by atoms with van der Waals surface area (Å²) in [5.41, 5.74) is -0.0845. The highest BCUT2D eigenvalue weighted by atomic mass is 19.4. The molecule has 7 rings (SSSR count). The average molecular weight is 480 g/mol. The molecule has 0 spiro atoms. The molecule has 3 atom stereocenters. The Hall–Kier alpha value is -2.29. The van der Waals surface area contributed by atoms with Gasteiger partial charge in [-0.2, -0.15) is 13.2 Å². The molecular formula is C25H29F4N3O2. The number of ether oxygens (including phenoxy) is 1. The molecule has 184 valence electrons. The quantitative estimate of drug-likeness (QED) is 0.531. The van der Waals surface area contributed by atoms with Crippen LogP contribution in [0.1, 0.15) is 38.5 Å². The zero-order chi connectivity index (χ0) is 23.7. The van der Waals surface area contributed by atoms with Crippen LogP contribution in [-0.4, -0.2) is 53.9 Å². The second-order valence-electron chi connectivity index (χ2n) is 11.1. The van der Waals surface area contributed by atoms with Crippen LogP contribution in [0.3, 0.4) is 0 Å². The summed E-state index contributed by atoms with van der Waals surface area (Å²) in [5.74, 6) is 1.82. The van der Waals surface area contributed by atoms with E-state index in [4.69, 9.17) is 4.74 Å². The van der Waals surface area contributed by atoms with Crippen LogP contribution in [0.25, 0.3) is 10.9 Å². The number of carbonyl (C=O) groups is 1. The molecule has 2 N–H and O–H groups in total. The molecule has 4 aliphatic carbocycles. The molecule has 5 nitrogen and oxygen atoms in total. The third-order valence-electron chi connectivity index (χ3n) is 8.47. The Morgan fingerprint density at radius 2 is 1.88 bits per heavy atom. The first-order valence-corrected chi connectivity index (χ1v) is 12.1.